The van der Waals surface area contributed by atoms with Crippen LogP contribution in [0.4, 0.5) is 0 Å². The van der Waals surface area contributed by atoms with E-state index < -0.39 is 0 Å². The van der Waals surface area contributed by atoms with Crippen molar-refractivity contribution in [3.8, 4) is 6.07 Å². The smallest absolute Gasteiger partial charge is 0.0965 e. The highest BCUT2D eigenvalue weighted by atomic mass is 16.5. The Morgan fingerprint density at radius 2 is 2.24 bits per heavy atom. The topological polar surface area (TPSA) is 48.3 Å². The highest BCUT2D eigenvalue weighted by Gasteiger charge is 2.28. The van der Waals surface area contributed by atoms with Crippen LogP contribution in [0.25, 0.3) is 0 Å². The molecule has 0 radical (unpaired) electrons. The number of nitrogens with zero attached hydrogens (tertiary/aromatic N) is 2. The van der Waals surface area contributed by atoms with Crippen molar-refractivity contribution in [1.29, 1.82) is 5.26 Å². The van der Waals surface area contributed by atoms with Crippen LogP contribution in [-0.2, 0) is 4.74 Å². The molecule has 0 amide bonds. The second-order valence-electron chi connectivity index (χ2n) is 4.68. The largest absolute Gasteiger partial charge is 0.383 e. The van der Waals surface area contributed by atoms with Crippen molar-refractivity contribution in [2.45, 2.75) is 44.7 Å². The summed E-state index contributed by atoms with van der Waals surface area (Å²) in [6.45, 7) is 5.84. The van der Waals surface area contributed by atoms with E-state index in [0.29, 0.717) is 0 Å². The molecule has 0 aromatic carbocycles. The molecule has 1 unspecified atom stereocenters. The van der Waals surface area contributed by atoms with Crippen molar-refractivity contribution in [1.82, 2.24) is 10.2 Å². The van der Waals surface area contributed by atoms with Crippen molar-refractivity contribution in [3.63, 3.8) is 0 Å². The zero-order valence-electron chi connectivity index (χ0n) is 11.1. The molecule has 4 heteroatoms. The molecule has 0 aromatic heterocycles. The van der Waals surface area contributed by atoms with Gasteiger partial charge in [0.2, 0.25) is 0 Å². The second kappa shape index (κ2) is 8.46. The third-order valence-electron chi connectivity index (χ3n) is 3.15. The Morgan fingerprint density at radius 3 is 2.76 bits per heavy atom. The Morgan fingerprint density at radius 1 is 1.47 bits per heavy atom. The molecule has 0 saturated heterocycles. The Labute approximate surface area is 105 Å². The lowest BCUT2D eigenvalue weighted by Gasteiger charge is -2.22. The molecule has 98 valence electrons. The van der Waals surface area contributed by atoms with E-state index in [1.807, 2.05) is 0 Å². The number of hydrogen-bond donors (Lipinski definition) is 1. The van der Waals surface area contributed by atoms with Gasteiger partial charge in [0.1, 0.15) is 0 Å². The lowest BCUT2D eigenvalue weighted by Crippen LogP contribution is -2.36. The molecule has 1 N–H and O–H groups in total. The van der Waals surface area contributed by atoms with Crippen molar-refractivity contribution in [2.24, 2.45) is 0 Å². The second-order valence-corrected chi connectivity index (χ2v) is 4.68. The normalized spacial score (nSPS) is 17.1. The molecule has 0 spiro atoms. The van der Waals surface area contributed by atoms with Gasteiger partial charge in [-0.15, -0.1) is 0 Å². The molecule has 1 fully saturated rings. The summed E-state index contributed by atoms with van der Waals surface area (Å²) in [6, 6.07) is 3.08. The minimum atomic E-state index is -0.00116. The average Bonchev–Trinajstić information content (AvgIpc) is 3.17. The van der Waals surface area contributed by atoms with Gasteiger partial charge in [-0.1, -0.05) is 6.92 Å². The van der Waals surface area contributed by atoms with Gasteiger partial charge in [-0.05, 0) is 32.2 Å². The van der Waals surface area contributed by atoms with Crippen LogP contribution < -0.4 is 5.32 Å². The molecule has 0 aliphatic heterocycles. The lowest BCUT2D eigenvalue weighted by atomic mass is 10.2. The molecule has 0 bridgehead atoms. The fraction of sp³-hybridized carbons (Fsp3) is 0.923. The van der Waals surface area contributed by atoms with Crippen molar-refractivity contribution in [2.75, 3.05) is 33.4 Å². The predicted molar refractivity (Wildman–Crippen MR) is 68.8 cm³/mol. The van der Waals surface area contributed by atoms with Gasteiger partial charge in [-0.3, -0.25) is 4.90 Å². The van der Waals surface area contributed by atoms with Gasteiger partial charge >= 0.3 is 0 Å². The standard InChI is InChI=1S/C13H25N3O/c1-3-7-15-12(11-14)6-8-16(9-10-17-2)13-4-5-13/h12-13,15H,3-10H2,1-2H3. The Bertz CT molecular complexity index is 235. The molecule has 17 heavy (non-hydrogen) atoms. The fourth-order valence-electron chi connectivity index (χ4n) is 1.95. The van der Waals surface area contributed by atoms with E-state index in [1.165, 1.54) is 12.8 Å². The summed E-state index contributed by atoms with van der Waals surface area (Å²) in [5.74, 6) is 0. The first-order chi connectivity index (χ1) is 8.31. The van der Waals surface area contributed by atoms with Crippen LogP contribution >= 0.6 is 0 Å². The number of methoxy groups -OCH3 is 1. The summed E-state index contributed by atoms with van der Waals surface area (Å²) in [6.07, 6.45) is 4.61. The number of nitriles is 1. The van der Waals surface area contributed by atoms with Gasteiger partial charge in [0.25, 0.3) is 0 Å². The van der Waals surface area contributed by atoms with E-state index in [9.17, 15) is 0 Å². The van der Waals surface area contributed by atoms with Crippen LogP contribution in [0.2, 0.25) is 0 Å². The van der Waals surface area contributed by atoms with Crippen molar-refractivity contribution in [3.05, 3.63) is 0 Å². The van der Waals surface area contributed by atoms with Crippen molar-refractivity contribution >= 4 is 0 Å². The molecular weight excluding hydrogens is 214 g/mol. The summed E-state index contributed by atoms with van der Waals surface area (Å²) in [7, 11) is 1.74. The SMILES string of the molecule is CCCNC(C#N)CCN(CCOC)C1CC1. The van der Waals surface area contributed by atoms with Crippen LogP contribution in [0.15, 0.2) is 0 Å². The van der Waals surface area contributed by atoms with Crippen LogP contribution in [0.3, 0.4) is 0 Å². The van der Waals surface area contributed by atoms with Crippen LogP contribution in [0.5, 0.6) is 0 Å². The Balaban J connectivity index is 2.21. The zero-order chi connectivity index (χ0) is 12.5. The highest BCUT2D eigenvalue weighted by Crippen LogP contribution is 2.26. The van der Waals surface area contributed by atoms with E-state index >= 15 is 0 Å². The van der Waals surface area contributed by atoms with Crippen LogP contribution in [0, 0.1) is 11.3 Å². The van der Waals surface area contributed by atoms with Gasteiger partial charge in [-0.2, -0.15) is 5.26 Å². The molecule has 1 aliphatic rings. The molecule has 1 rings (SSSR count). The molecule has 4 nitrogen and oxygen atoms in total. The van der Waals surface area contributed by atoms with Gasteiger partial charge in [0, 0.05) is 26.2 Å². The van der Waals surface area contributed by atoms with Gasteiger partial charge in [0.15, 0.2) is 0 Å². The third-order valence-corrected chi connectivity index (χ3v) is 3.15. The van der Waals surface area contributed by atoms with E-state index in [4.69, 9.17) is 10.00 Å². The molecule has 0 heterocycles. The first-order valence-electron chi connectivity index (χ1n) is 6.67. The van der Waals surface area contributed by atoms with E-state index in [0.717, 1.165) is 45.1 Å². The molecule has 1 atom stereocenters. The minimum absolute atomic E-state index is 0.00116. The number of rotatable bonds is 10. The van der Waals surface area contributed by atoms with E-state index in [1.54, 1.807) is 7.11 Å². The minimum Gasteiger partial charge on any atom is -0.383 e. The summed E-state index contributed by atoms with van der Waals surface area (Å²) in [5.41, 5.74) is 0. The van der Waals surface area contributed by atoms with E-state index in [-0.39, 0.29) is 6.04 Å². The monoisotopic (exact) mass is 239 g/mol. The molecule has 0 aromatic rings. The molecule has 1 saturated carbocycles. The predicted octanol–water partition coefficient (Wildman–Crippen LogP) is 1.38. The van der Waals surface area contributed by atoms with Crippen LogP contribution in [0.1, 0.15) is 32.6 Å². The molecular formula is C13H25N3O. The van der Waals surface area contributed by atoms with E-state index in [2.05, 4.69) is 23.2 Å². The quantitative estimate of drug-likeness (QED) is 0.625. The van der Waals surface area contributed by atoms with Gasteiger partial charge in [-0.25, -0.2) is 0 Å². The summed E-state index contributed by atoms with van der Waals surface area (Å²) in [5, 5.41) is 12.3. The maximum Gasteiger partial charge on any atom is 0.0965 e. The first-order valence-corrected chi connectivity index (χ1v) is 6.67. The van der Waals surface area contributed by atoms with Crippen molar-refractivity contribution < 1.29 is 4.74 Å². The zero-order valence-corrected chi connectivity index (χ0v) is 11.1. The van der Waals surface area contributed by atoms with Gasteiger partial charge < -0.3 is 10.1 Å². The Hall–Kier alpha value is -0.630. The fourth-order valence-corrected chi connectivity index (χ4v) is 1.95. The number of hydrogen-bond acceptors (Lipinski definition) is 4. The maximum absolute atomic E-state index is 9.04. The third kappa shape index (κ3) is 6.02. The lowest BCUT2D eigenvalue weighted by molar-refractivity contribution is 0.141. The maximum atomic E-state index is 9.04. The number of nitrogens with one attached hydrogen (secondary N) is 1. The average molecular weight is 239 g/mol. The number of ether oxygens (including phenoxy) is 1. The van der Waals surface area contributed by atoms with Crippen LogP contribution in [-0.4, -0.2) is 50.3 Å². The summed E-state index contributed by atoms with van der Waals surface area (Å²) in [4.78, 5) is 2.46. The van der Waals surface area contributed by atoms with Gasteiger partial charge in [0.05, 0.1) is 18.7 Å². The summed E-state index contributed by atoms with van der Waals surface area (Å²) >= 11 is 0. The summed E-state index contributed by atoms with van der Waals surface area (Å²) < 4.78 is 5.13. The first kappa shape index (κ1) is 14.4. The molecule has 1 aliphatic carbocycles. The Kier molecular flexibility index (Phi) is 7.18. The highest BCUT2D eigenvalue weighted by molar-refractivity contribution is 4.92.